The maximum absolute atomic E-state index is 11.5. The number of fused-ring (bicyclic) bond motifs is 1. The highest BCUT2D eigenvalue weighted by Crippen LogP contribution is 2.22. The van der Waals surface area contributed by atoms with Gasteiger partial charge in [0.05, 0.1) is 17.1 Å². The molecule has 0 saturated carbocycles. The van der Waals surface area contributed by atoms with Crippen molar-refractivity contribution in [3.8, 4) is 0 Å². The van der Waals surface area contributed by atoms with Gasteiger partial charge in [0, 0.05) is 13.5 Å². The van der Waals surface area contributed by atoms with Crippen LogP contribution in [0.1, 0.15) is 123 Å². The molecule has 0 saturated heterocycles. The van der Waals surface area contributed by atoms with Crippen LogP contribution in [0.15, 0.2) is 24.3 Å². The number of nitrogens with one attached hydrogen (secondary N) is 1. The summed E-state index contributed by atoms with van der Waals surface area (Å²) in [6.45, 7) is 6.84. The van der Waals surface area contributed by atoms with E-state index in [4.69, 9.17) is 4.98 Å². The first kappa shape index (κ1) is 25.4. The zero-order chi connectivity index (χ0) is 22.3. The number of amides is 1. The lowest BCUT2D eigenvalue weighted by Gasteiger charge is -2.15. The number of benzene rings is 1. The minimum Gasteiger partial charge on any atom is -0.347 e. The first-order chi connectivity index (χ1) is 15.1. The molecule has 1 aromatic heterocycles. The average molecular weight is 428 g/mol. The molecule has 174 valence electrons. The Bertz CT molecular complexity index is 752. The van der Waals surface area contributed by atoms with E-state index in [9.17, 15) is 4.79 Å². The third-order valence-corrected chi connectivity index (χ3v) is 6.23. The Labute approximate surface area is 190 Å². The van der Waals surface area contributed by atoms with Crippen LogP contribution in [0.2, 0.25) is 0 Å². The molecule has 0 spiro atoms. The summed E-state index contributed by atoms with van der Waals surface area (Å²) in [7, 11) is 0. The monoisotopic (exact) mass is 427 g/mol. The Hall–Kier alpha value is -1.84. The van der Waals surface area contributed by atoms with Crippen molar-refractivity contribution < 1.29 is 4.79 Å². The Morgan fingerprint density at radius 1 is 0.871 bits per heavy atom. The van der Waals surface area contributed by atoms with Gasteiger partial charge in [-0.2, -0.15) is 0 Å². The summed E-state index contributed by atoms with van der Waals surface area (Å²) in [4.78, 5) is 16.3. The maximum Gasteiger partial charge on any atom is 0.217 e. The fraction of sp³-hybridized carbons (Fsp3) is 0.704. The van der Waals surface area contributed by atoms with Crippen molar-refractivity contribution >= 4 is 16.9 Å². The molecule has 1 N–H and O–H groups in total. The number of aryl methyl sites for hydroxylation is 1. The lowest BCUT2D eigenvalue weighted by molar-refractivity contribution is -0.119. The number of para-hydroxylation sites is 2. The van der Waals surface area contributed by atoms with Gasteiger partial charge in [-0.25, -0.2) is 4.98 Å². The molecule has 4 heteroatoms. The summed E-state index contributed by atoms with van der Waals surface area (Å²) in [5, 5.41) is 2.99. The molecule has 0 aliphatic heterocycles. The van der Waals surface area contributed by atoms with Crippen LogP contribution in [0.3, 0.4) is 0 Å². The zero-order valence-corrected chi connectivity index (χ0v) is 20.3. The number of rotatable bonds is 17. The SMILES string of the molecule is CCCCCCCCCCCCCCCCn1c(C(C)NC(C)=O)nc2ccccc21. The highest BCUT2D eigenvalue weighted by molar-refractivity contribution is 5.77. The minimum absolute atomic E-state index is 0.0115. The molecule has 1 aromatic carbocycles. The first-order valence-corrected chi connectivity index (χ1v) is 12.9. The van der Waals surface area contributed by atoms with E-state index in [-0.39, 0.29) is 11.9 Å². The van der Waals surface area contributed by atoms with Gasteiger partial charge in [0.15, 0.2) is 0 Å². The van der Waals surface area contributed by atoms with Gasteiger partial charge in [-0.05, 0) is 25.5 Å². The third kappa shape index (κ3) is 9.45. The molecule has 0 radical (unpaired) electrons. The summed E-state index contributed by atoms with van der Waals surface area (Å²) in [5.74, 6) is 0.952. The van der Waals surface area contributed by atoms with Crippen molar-refractivity contribution in [3.63, 3.8) is 0 Å². The number of hydrogen-bond donors (Lipinski definition) is 1. The van der Waals surface area contributed by atoms with Gasteiger partial charge >= 0.3 is 0 Å². The molecule has 4 nitrogen and oxygen atoms in total. The Morgan fingerprint density at radius 2 is 1.39 bits per heavy atom. The highest BCUT2D eigenvalue weighted by atomic mass is 16.1. The lowest BCUT2D eigenvalue weighted by atomic mass is 10.0. The molecule has 1 heterocycles. The van der Waals surface area contributed by atoms with E-state index >= 15 is 0 Å². The van der Waals surface area contributed by atoms with E-state index in [1.807, 2.05) is 13.0 Å². The van der Waals surface area contributed by atoms with Crippen molar-refractivity contribution in [3.05, 3.63) is 30.1 Å². The summed E-state index contributed by atoms with van der Waals surface area (Å²) < 4.78 is 2.30. The van der Waals surface area contributed by atoms with Crippen LogP contribution >= 0.6 is 0 Å². The zero-order valence-electron chi connectivity index (χ0n) is 20.3. The van der Waals surface area contributed by atoms with Gasteiger partial charge < -0.3 is 9.88 Å². The second kappa shape index (κ2) is 15.0. The maximum atomic E-state index is 11.5. The normalized spacial score (nSPS) is 12.4. The van der Waals surface area contributed by atoms with E-state index in [1.54, 1.807) is 6.92 Å². The Kier molecular flexibility index (Phi) is 12.3. The quantitative estimate of drug-likeness (QED) is 0.263. The summed E-state index contributed by atoms with van der Waals surface area (Å²) >= 11 is 0. The standard InChI is InChI=1S/C27H45N3O/c1-4-5-6-7-8-9-10-11-12-13-14-15-16-19-22-30-26-21-18-17-20-25(26)29-27(30)23(2)28-24(3)31/h17-18,20-21,23H,4-16,19,22H2,1-3H3,(H,28,31). The van der Waals surface area contributed by atoms with Crippen molar-refractivity contribution in [1.82, 2.24) is 14.9 Å². The predicted octanol–water partition coefficient (Wildman–Crippen LogP) is 7.71. The molecule has 0 aliphatic carbocycles. The highest BCUT2D eigenvalue weighted by Gasteiger charge is 2.16. The van der Waals surface area contributed by atoms with E-state index in [2.05, 4.69) is 35.0 Å². The smallest absolute Gasteiger partial charge is 0.217 e. The number of hydrogen-bond acceptors (Lipinski definition) is 2. The van der Waals surface area contributed by atoms with Crippen molar-refractivity contribution in [2.45, 2.75) is 123 Å². The number of carbonyl (C=O) groups excluding carboxylic acids is 1. The summed E-state index contributed by atoms with van der Waals surface area (Å²) in [5.41, 5.74) is 2.18. The number of nitrogens with zero attached hydrogens (tertiary/aromatic N) is 2. The lowest BCUT2D eigenvalue weighted by Crippen LogP contribution is -2.26. The molecule has 0 fully saturated rings. The van der Waals surface area contributed by atoms with Crippen molar-refractivity contribution in [2.24, 2.45) is 0 Å². The largest absolute Gasteiger partial charge is 0.347 e. The van der Waals surface area contributed by atoms with Gasteiger partial charge in [-0.1, -0.05) is 103 Å². The van der Waals surface area contributed by atoms with Crippen LogP contribution in [-0.2, 0) is 11.3 Å². The van der Waals surface area contributed by atoms with E-state index < -0.39 is 0 Å². The number of aromatic nitrogens is 2. The van der Waals surface area contributed by atoms with Crippen LogP contribution in [0.4, 0.5) is 0 Å². The van der Waals surface area contributed by atoms with Crippen LogP contribution < -0.4 is 5.32 Å². The molecule has 0 aliphatic rings. The summed E-state index contributed by atoms with van der Waals surface area (Å²) in [6.07, 6.45) is 19.2. The molecule has 1 unspecified atom stereocenters. The van der Waals surface area contributed by atoms with Crippen LogP contribution in [-0.4, -0.2) is 15.5 Å². The van der Waals surface area contributed by atoms with E-state index in [0.717, 1.165) is 24.3 Å². The Balaban J connectivity index is 1.62. The molecule has 1 atom stereocenters. The van der Waals surface area contributed by atoms with Gasteiger partial charge in [0.1, 0.15) is 5.82 Å². The number of carbonyl (C=O) groups is 1. The van der Waals surface area contributed by atoms with Gasteiger partial charge in [0.25, 0.3) is 0 Å². The van der Waals surface area contributed by atoms with Crippen LogP contribution in [0.25, 0.3) is 11.0 Å². The molecule has 1 amide bonds. The second-order valence-corrected chi connectivity index (χ2v) is 9.13. The third-order valence-electron chi connectivity index (χ3n) is 6.23. The van der Waals surface area contributed by atoms with Crippen molar-refractivity contribution in [2.75, 3.05) is 0 Å². The van der Waals surface area contributed by atoms with Gasteiger partial charge in [-0.15, -0.1) is 0 Å². The van der Waals surface area contributed by atoms with Gasteiger partial charge in [0.2, 0.25) is 5.91 Å². The minimum atomic E-state index is -0.0726. The van der Waals surface area contributed by atoms with Crippen LogP contribution in [0, 0.1) is 0 Å². The topological polar surface area (TPSA) is 46.9 Å². The van der Waals surface area contributed by atoms with Crippen molar-refractivity contribution in [1.29, 1.82) is 0 Å². The van der Waals surface area contributed by atoms with Gasteiger partial charge in [-0.3, -0.25) is 4.79 Å². The summed E-state index contributed by atoms with van der Waals surface area (Å²) in [6, 6.07) is 8.21. The molecule has 2 aromatic rings. The number of unbranched alkanes of at least 4 members (excludes halogenated alkanes) is 13. The molecule has 2 rings (SSSR count). The molecule has 0 bridgehead atoms. The predicted molar refractivity (Wildman–Crippen MR) is 132 cm³/mol. The fourth-order valence-corrected chi connectivity index (χ4v) is 4.49. The fourth-order valence-electron chi connectivity index (χ4n) is 4.49. The second-order valence-electron chi connectivity index (χ2n) is 9.13. The molecular formula is C27H45N3O. The number of imidazole rings is 1. The van der Waals surface area contributed by atoms with E-state index in [1.165, 1.54) is 89.0 Å². The van der Waals surface area contributed by atoms with E-state index in [0.29, 0.717) is 0 Å². The molecular weight excluding hydrogens is 382 g/mol. The molecule has 31 heavy (non-hydrogen) atoms. The average Bonchev–Trinajstić information content (AvgIpc) is 3.12. The van der Waals surface area contributed by atoms with Crippen LogP contribution in [0.5, 0.6) is 0 Å². The first-order valence-electron chi connectivity index (χ1n) is 12.9. The Morgan fingerprint density at radius 3 is 1.94 bits per heavy atom.